The number of hydrogen-bond donors (Lipinski definition) is 1. The summed E-state index contributed by atoms with van der Waals surface area (Å²) in [6.07, 6.45) is 1.11. The summed E-state index contributed by atoms with van der Waals surface area (Å²) >= 11 is 0. The molecule has 0 saturated carbocycles. The zero-order valence-corrected chi connectivity index (χ0v) is 17.3. The van der Waals surface area contributed by atoms with Crippen molar-refractivity contribution < 1.29 is 18.3 Å². The molecule has 5 nitrogen and oxygen atoms in total. The Morgan fingerprint density at radius 3 is 2.60 bits per heavy atom. The Morgan fingerprint density at radius 1 is 1.36 bits per heavy atom. The molecule has 0 radical (unpaired) electrons. The molecule has 1 fully saturated rings. The molecule has 0 aromatic heterocycles. The molecular weight excluding hydrogens is 443 g/mol. The van der Waals surface area contributed by atoms with Gasteiger partial charge in [0.05, 0.1) is 7.11 Å². The Morgan fingerprint density at radius 2 is 2.08 bits per heavy atom. The molecule has 1 aliphatic heterocycles. The zero-order chi connectivity index (χ0) is 17.7. The highest BCUT2D eigenvalue weighted by Gasteiger charge is 2.30. The second kappa shape index (κ2) is 9.40. The molecule has 0 bridgehead atoms. The molecule has 1 heterocycles. The van der Waals surface area contributed by atoms with Crippen LogP contribution in [0.3, 0.4) is 0 Å². The number of ether oxygens (including phenoxy) is 2. The van der Waals surface area contributed by atoms with Crippen molar-refractivity contribution in [2.24, 2.45) is 10.4 Å². The highest BCUT2D eigenvalue weighted by atomic mass is 127. The van der Waals surface area contributed by atoms with Crippen LogP contribution in [0, 0.1) is 5.41 Å². The van der Waals surface area contributed by atoms with Gasteiger partial charge in [-0.05, 0) is 29.5 Å². The third-order valence-corrected chi connectivity index (χ3v) is 4.08. The maximum atomic E-state index is 12.5. The average Bonchev–Trinajstić information content (AvgIpc) is 2.87. The SMILES string of the molecule is CN=C(NCc1ccc(OC)c(OC(F)F)c1)N1CCC(C)(C)C1.I. The number of rotatable bonds is 5. The van der Waals surface area contributed by atoms with Gasteiger partial charge in [-0.25, -0.2) is 0 Å². The van der Waals surface area contributed by atoms with Crippen molar-refractivity contribution >= 4 is 29.9 Å². The van der Waals surface area contributed by atoms with Crippen LogP contribution in [0.2, 0.25) is 0 Å². The molecule has 25 heavy (non-hydrogen) atoms. The minimum absolute atomic E-state index is 0. The molecule has 1 saturated heterocycles. The third-order valence-electron chi connectivity index (χ3n) is 4.08. The third kappa shape index (κ3) is 6.16. The van der Waals surface area contributed by atoms with E-state index in [9.17, 15) is 8.78 Å². The topological polar surface area (TPSA) is 46.1 Å². The van der Waals surface area contributed by atoms with E-state index in [0.717, 1.165) is 31.0 Å². The number of aliphatic imine (C=N–C) groups is 1. The van der Waals surface area contributed by atoms with Crippen LogP contribution < -0.4 is 14.8 Å². The summed E-state index contributed by atoms with van der Waals surface area (Å²) < 4.78 is 34.5. The molecule has 1 N–H and O–H groups in total. The first-order valence-electron chi connectivity index (χ1n) is 7.92. The number of nitrogens with zero attached hydrogens (tertiary/aromatic N) is 2. The van der Waals surface area contributed by atoms with Crippen molar-refractivity contribution in [2.45, 2.75) is 33.4 Å². The Labute approximate surface area is 164 Å². The van der Waals surface area contributed by atoms with Gasteiger partial charge >= 0.3 is 6.61 Å². The van der Waals surface area contributed by atoms with Gasteiger partial charge in [-0.3, -0.25) is 4.99 Å². The Balaban J connectivity index is 0.00000312. The second-order valence-electron chi connectivity index (χ2n) is 6.60. The van der Waals surface area contributed by atoms with Crippen LogP contribution in [0.15, 0.2) is 23.2 Å². The molecule has 1 aliphatic rings. The molecule has 0 spiro atoms. The van der Waals surface area contributed by atoms with Crippen molar-refractivity contribution in [1.29, 1.82) is 0 Å². The summed E-state index contributed by atoms with van der Waals surface area (Å²) in [5.74, 6) is 1.13. The van der Waals surface area contributed by atoms with Crippen molar-refractivity contribution in [3.05, 3.63) is 23.8 Å². The predicted octanol–water partition coefficient (Wildman–Crippen LogP) is 3.72. The lowest BCUT2D eigenvalue weighted by Crippen LogP contribution is -2.40. The number of benzene rings is 1. The fourth-order valence-corrected chi connectivity index (χ4v) is 2.83. The molecule has 2 rings (SSSR count). The van der Waals surface area contributed by atoms with Gasteiger partial charge in [0.1, 0.15) is 0 Å². The molecule has 0 atom stereocenters. The standard InChI is InChI=1S/C17H25F2N3O2.HI/c1-17(2)7-8-22(11-17)16(20-3)21-10-12-5-6-13(23-4)14(9-12)24-15(18)19;/h5-6,9,15H,7-8,10-11H2,1-4H3,(H,20,21);1H. The van der Waals surface area contributed by atoms with Gasteiger partial charge in [0.25, 0.3) is 0 Å². The van der Waals surface area contributed by atoms with Crippen molar-refractivity contribution in [2.75, 3.05) is 27.2 Å². The van der Waals surface area contributed by atoms with Crippen molar-refractivity contribution in [3.8, 4) is 11.5 Å². The summed E-state index contributed by atoms with van der Waals surface area (Å²) in [5.41, 5.74) is 1.08. The van der Waals surface area contributed by atoms with E-state index in [2.05, 4.69) is 33.8 Å². The van der Waals surface area contributed by atoms with E-state index < -0.39 is 6.61 Å². The normalized spacial score (nSPS) is 16.6. The first kappa shape index (κ1) is 21.7. The molecule has 8 heteroatoms. The number of hydrogen-bond acceptors (Lipinski definition) is 3. The van der Waals surface area contributed by atoms with E-state index in [1.807, 2.05) is 6.07 Å². The summed E-state index contributed by atoms with van der Waals surface area (Å²) in [6, 6.07) is 4.99. The molecule has 0 amide bonds. The Hall–Kier alpha value is -1.32. The van der Waals surface area contributed by atoms with Crippen LogP contribution in [-0.2, 0) is 6.54 Å². The predicted molar refractivity (Wildman–Crippen MR) is 105 cm³/mol. The van der Waals surface area contributed by atoms with Gasteiger partial charge in [0.15, 0.2) is 17.5 Å². The Bertz CT molecular complexity index is 597. The van der Waals surface area contributed by atoms with Crippen LogP contribution in [0.1, 0.15) is 25.8 Å². The fourth-order valence-electron chi connectivity index (χ4n) is 2.83. The molecule has 1 aromatic carbocycles. The first-order chi connectivity index (χ1) is 11.3. The minimum Gasteiger partial charge on any atom is -0.493 e. The molecule has 0 aliphatic carbocycles. The van der Waals surface area contributed by atoms with E-state index in [-0.39, 0.29) is 40.9 Å². The number of likely N-dealkylation sites (tertiary alicyclic amines) is 1. The summed E-state index contributed by atoms with van der Waals surface area (Å²) in [6.45, 7) is 3.94. The summed E-state index contributed by atoms with van der Waals surface area (Å²) in [7, 11) is 3.16. The monoisotopic (exact) mass is 469 g/mol. The average molecular weight is 469 g/mol. The van der Waals surface area contributed by atoms with Crippen LogP contribution in [0.25, 0.3) is 0 Å². The van der Waals surface area contributed by atoms with E-state index in [0.29, 0.717) is 6.54 Å². The number of guanidine groups is 1. The van der Waals surface area contributed by atoms with Crippen molar-refractivity contribution in [3.63, 3.8) is 0 Å². The molecule has 1 aromatic rings. The van der Waals surface area contributed by atoms with E-state index in [1.54, 1.807) is 19.2 Å². The summed E-state index contributed by atoms with van der Waals surface area (Å²) in [5, 5.41) is 3.28. The largest absolute Gasteiger partial charge is 0.493 e. The number of halogens is 3. The first-order valence-corrected chi connectivity index (χ1v) is 7.92. The maximum absolute atomic E-state index is 12.5. The van der Waals surface area contributed by atoms with Gasteiger partial charge in [-0.1, -0.05) is 19.9 Å². The fraction of sp³-hybridized carbons (Fsp3) is 0.588. The lowest BCUT2D eigenvalue weighted by molar-refractivity contribution is -0.0512. The molecular formula is C17H26F2IN3O2. The number of methoxy groups -OCH3 is 1. The van der Waals surface area contributed by atoms with Gasteiger partial charge in [0, 0.05) is 26.7 Å². The summed E-state index contributed by atoms with van der Waals surface area (Å²) in [4.78, 5) is 6.52. The molecule has 142 valence electrons. The van der Waals surface area contributed by atoms with Crippen LogP contribution in [0.5, 0.6) is 11.5 Å². The quantitative estimate of drug-likeness (QED) is 0.406. The van der Waals surface area contributed by atoms with Crippen LogP contribution >= 0.6 is 24.0 Å². The molecule has 0 unspecified atom stereocenters. The van der Waals surface area contributed by atoms with Gasteiger partial charge in [-0.2, -0.15) is 8.78 Å². The van der Waals surface area contributed by atoms with E-state index >= 15 is 0 Å². The van der Waals surface area contributed by atoms with Crippen molar-refractivity contribution in [1.82, 2.24) is 10.2 Å². The van der Waals surface area contributed by atoms with Gasteiger partial charge in [-0.15, -0.1) is 24.0 Å². The second-order valence-corrected chi connectivity index (χ2v) is 6.60. The van der Waals surface area contributed by atoms with E-state index in [4.69, 9.17) is 4.74 Å². The van der Waals surface area contributed by atoms with Crippen LogP contribution in [-0.4, -0.2) is 44.7 Å². The van der Waals surface area contributed by atoms with Gasteiger partial charge < -0.3 is 19.7 Å². The highest BCUT2D eigenvalue weighted by molar-refractivity contribution is 14.0. The van der Waals surface area contributed by atoms with Gasteiger partial charge in [0.2, 0.25) is 0 Å². The Kier molecular flexibility index (Phi) is 8.17. The maximum Gasteiger partial charge on any atom is 0.387 e. The smallest absolute Gasteiger partial charge is 0.387 e. The lowest BCUT2D eigenvalue weighted by atomic mass is 9.93. The minimum atomic E-state index is -2.89. The van der Waals surface area contributed by atoms with Crippen LogP contribution in [0.4, 0.5) is 8.78 Å². The van der Waals surface area contributed by atoms with E-state index in [1.165, 1.54) is 7.11 Å². The number of nitrogens with one attached hydrogen (secondary N) is 1. The lowest BCUT2D eigenvalue weighted by Gasteiger charge is -2.23. The number of alkyl halides is 2. The zero-order valence-electron chi connectivity index (χ0n) is 15.0. The highest BCUT2D eigenvalue weighted by Crippen LogP contribution is 2.30.